The minimum absolute atomic E-state index is 0.127. The van der Waals surface area contributed by atoms with Crippen LogP contribution in [0.1, 0.15) is 23.3 Å². The van der Waals surface area contributed by atoms with Crippen LogP contribution < -0.4 is 11.3 Å². The number of carbonyl (C=O) groups excluding carboxylic acids is 1. The number of hydrazine groups is 1. The van der Waals surface area contributed by atoms with Gasteiger partial charge in [0.25, 0.3) is 5.91 Å². The molecule has 0 bridgehead atoms. The Hall–Kier alpha value is -1.73. The monoisotopic (exact) mass is 263 g/mol. The van der Waals surface area contributed by atoms with Crippen LogP contribution in [0.4, 0.5) is 5.82 Å². The number of amides is 1. The summed E-state index contributed by atoms with van der Waals surface area (Å²) < 4.78 is 0. The van der Waals surface area contributed by atoms with Gasteiger partial charge in [-0.05, 0) is 30.9 Å². The van der Waals surface area contributed by atoms with Crippen molar-refractivity contribution in [2.75, 3.05) is 18.5 Å². The fraction of sp³-hybridized carbons (Fsp3) is 0.583. The van der Waals surface area contributed by atoms with Crippen molar-refractivity contribution in [3.63, 3.8) is 0 Å². The molecule has 1 aromatic heterocycles. The smallest absolute Gasteiger partial charge is 0.274 e. The van der Waals surface area contributed by atoms with E-state index >= 15 is 0 Å². The topological polar surface area (TPSA) is 104 Å². The third-order valence-electron chi connectivity index (χ3n) is 4.14. The van der Waals surface area contributed by atoms with Crippen molar-refractivity contribution in [3.05, 3.63) is 17.8 Å². The highest BCUT2D eigenvalue weighted by molar-refractivity contribution is 5.92. The third-order valence-corrected chi connectivity index (χ3v) is 4.14. The Labute approximate surface area is 110 Å². The molecule has 1 saturated heterocycles. The number of nitrogen functional groups attached to an aromatic ring is 1. The van der Waals surface area contributed by atoms with E-state index < -0.39 is 0 Å². The first-order chi connectivity index (χ1) is 9.19. The molecule has 19 heavy (non-hydrogen) atoms. The summed E-state index contributed by atoms with van der Waals surface area (Å²) in [6.45, 7) is 1.32. The highest BCUT2D eigenvalue weighted by atomic mass is 16.3. The molecule has 1 saturated carbocycles. The summed E-state index contributed by atoms with van der Waals surface area (Å²) in [5.41, 5.74) is 2.68. The van der Waals surface area contributed by atoms with Crippen LogP contribution in [0.25, 0.3) is 0 Å². The Balaban J connectivity index is 1.71. The molecule has 1 aliphatic carbocycles. The van der Waals surface area contributed by atoms with E-state index in [1.165, 1.54) is 0 Å². The number of hydrogen-bond donors (Lipinski definition) is 3. The molecule has 0 aromatic carbocycles. The quantitative estimate of drug-likeness (QED) is 0.495. The average molecular weight is 263 g/mol. The molecule has 0 spiro atoms. The molecule has 2 aliphatic rings. The van der Waals surface area contributed by atoms with E-state index in [0.717, 1.165) is 12.8 Å². The lowest BCUT2D eigenvalue weighted by Crippen LogP contribution is -2.31. The van der Waals surface area contributed by atoms with Crippen molar-refractivity contribution < 1.29 is 9.90 Å². The molecule has 3 rings (SSSR count). The van der Waals surface area contributed by atoms with Crippen LogP contribution in [-0.4, -0.2) is 45.3 Å². The van der Waals surface area contributed by atoms with Gasteiger partial charge in [0.05, 0.1) is 6.10 Å². The molecule has 2 fully saturated rings. The van der Waals surface area contributed by atoms with Crippen molar-refractivity contribution in [3.8, 4) is 0 Å². The number of carbonyl (C=O) groups is 1. The highest BCUT2D eigenvalue weighted by Crippen LogP contribution is 2.38. The molecular formula is C12H17N5O2. The Morgan fingerprint density at radius 2 is 2.21 bits per heavy atom. The normalized spacial score (nSPS) is 29.4. The number of aliphatic hydroxyl groups excluding tert-OH is 1. The summed E-state index contributed by atoms with van der Waals surface area (Å²) >= 11 is 0. The van der Waals surface area contributed by atoms with Crippen LogP contribution in [0, 0.1) is 11.8 Å². The Bertz CT molecular complexity index is 478. The molecular weight excluding hydrogens is 246 g/mol. The van der Waals surface area contributed by atoms with E-state index in [4.69, 9.17) is 5.84 Å². The summed E-state index contributed by atoms with van der Waals surface area (Å²) in [5, 5.41) is 17.5. The minimum Gasteiger partial charge on any atom is -0.393 e. The minimum atomic E-state index is -0.266. The molecule has 1 amide bonds. The first-order valence-corrected chi connectivity index (χ1v) is 6.46. The van der Waals surface area contributed by atoms with Crippen LogP contribution in [0.3, 0.4) is 0 Å². The molecule has 1 aliphatic heterocycles. The van der Waals surface area contributed by atoms with E-state index in [2.05, 4.69) is 15.6 Å². The van der Waals surface area contributed by atoms with Crippen LogP contribution in [0.5, 0.6) is 0 Å². The predicted octanol–water partition coefficient (Wildman–Crippen LogP) is -0.395. The number of nitrogens with zero attached hydrogens (tertiary/aromatic N) is 3. The molecule has 3 atom stereocenters. The Kier molecular flexibility index (Phi) is 3.08. The third kappa shape index (κ3) is 2.15. The van der Waals surface area contributed by atoms with Gasteiger partial charge in [-0.3, -0.25) is 4.79 Å². The van der Waals surface area contributed by atoms with Gasteiger partial charge >= 0.3 is 0 Å². The number of nitrogens with one attached hydrogen (secondary N) is 1. The van der Waals surface area contributed by atoms with Crippen molar-refractivity contribution in [2.45, 2.75) is 18.9 Å². The van der Waals surface area contributed by atoms with E-state index in [1.807, 2.05) is 0 Å². The number of fused-ring (bicyclic) bond motifs is 1. The fourth-order valence-corrected chi connectivity index (χ4v) is 3.09. The maximum Gasteiger partial charge on any atom is 0.274 e. The fourth-order valence-electron chi connectivity index (χ4n) is 3.09. The molecule has 3 unspecified atom stereocenters. The van der Waals surface area contributed by atoms with E-state index in [-0.39, 0.29) is 17.9 Å². The highest BCUT2D eigenvalue weighted by Gasteiger charge is 2.43. The Morgan fingerprint density at radius 3 is 2.84 bits per heavy atom. The second kappa shape index (κ2) is 4.75. The van der Waals surface area contributed by atoms with Gasteiger partial charge in [-0.1, -0.05) is 0 Å². The van der Waals surface area contributed by atoms with Crippen LogP contribution in [-0.2, 0) is 0 Å². The number of likely N-dealkylation sites (tertiary alicyclic amines) is 1. The second-order valence-corrected chi connectivity index (χ2v) is 5.23. The van der Waals surface area contributed by atoms with Gasteiger partial charge in [-0.15, -0.1) is 10.2 Å². The summed E-state index contributed by atoms with van der Waals surface area (Å²) in [5.74, 6) is 6.15. The van der Waals surface area contributed by atoms with E-state index in [0.29, 0.717) is 30.5 Å². The van der Waals surface area contributed by atoms with Gasteiger partial charge in [0.15, 0.2) is 11.5 Å². The summed E-state index contributed by atoms with van der Waals surface area (Å²) in [7, 11) is 0. The number of aliphatic hydroxyl groups is 1. The molecule has 2 heterocycles. The maximum absolute atomic E-state index is 12.3. The number of anilines is 1. The number of rotatable bonds is 2. The zero-order valence-corrected chi connectivity index (χ0v) is 10.5. The number of nitrogens with two attached hydrogens (primary N) is 1. The zero-order chi connectivity index (χ0) is 13.4. The molecule has 7 nitrogen and oxygen atoms in total. The lowest BCUT2D eigenvalue weighted by atomic mass is 10.00. The maximum atomic E-state index is 12.3. The van der Waals surface area contributed by atoms with Gasteiger partial charge in [0.1, 0.15) is 0 Å². The largest absolute Gasteiger partial charge is 0.393 e. The van der Waals surface area contributed by atoms with Gasteiger partial charge in [0, 0.05) is 19.0 Å². The summed E-state index contributed by atoms with van der Waals surface area (Å²) in [6, 6.07) is 3.22. The van der Waals surface area contributed by atoms with E-state index in [9.17, 15) is 9.90 Å². The summed E-state index contributed by atoms with van der Waals surface area (Å²) in [4.78, 5) is 14.0. The molecule has 102 valence electrons. The van der Waals surface area contributed by atoms with Gasteiger partial charge in [0.2, 0.25) is 0 Å². The Morgan fingerprint density at radius 1 is 1.37 bits per heavy atom. The molecule has 0 radical (unpaired) electrons. The molecule has 1 aromatic rings. The SMILES string of the molecule is NNc1ccc(C(=O)N2CC3CCC(O)C3C2)nn1. The predicted molar refractivity (Wildman–Crippen MR) is 68.0 cm³/mol. The zero-order valence-electron chi connectivity index (χ0n) is 10.5. The van der Waals surface area contributed by atoms with Crippen LogP contribution >= 0.6 is 0 Å². The lowest BCUT2D eigenvalue weighted by molar-refractivity contribution is 0.0745. The lowest BCUT2D eigenvalue weighted by Gasteiger charge is -2.17. The summed E-state index contributed by atoms with van der Waals surface area (Å²) in [6.07, 6.45) is 1.59. The first-order valence-electron chi connectivity index (χ1n) is 6.46. The molecule has 4 N–H and O–H groups in total. The van der Waals surface area contributed by atoms with Crippen LogP contribution in [0.15, 0.2) is 12.1 Å². The van der Waals surface area contributed by atoms with Crippen LogP contribution in [0.2, 0.25) is 0 Å². The molecule has 7 heteroatoms. The number of aromatic nitrogens is 2. The standard InChI is InChI=1S/C12H17N5O2/c13-14-11-4-2-9(15-16-11)12(19)17-5-7-1-3-10(18)8(7)6-17/h2,4,7-8,10,18H,1,3,5-6,13H2,(H,14,16). The van der Waals surface area contributed by atoms with E-state index in [1.54, 1.807) is 17.0 Å². The van der Waals surface area contributed by atoms with Gasteiger partial charge in [-0.25, -0.2) is 5.84 Å². The van der Waals surface area contributed by atoms with Gasteiger partial charge < -0.3 is 15.4 Å². The van der Waals surface area contributed by atoms with Gasteiger partial charge in [-0.2, -0.15) is 0 Å². The second-order valence-electron chi connectivity index (χ2n) is 5.23. The first kappa shape index (κ1) is 12.3. The van der Waals surface area contributed by atoms with Crippen molar-refractivity contribution in [1.29, 1.82) is 0 Å². The van der Waals surface area contributed by atoms with Crippen molar-refractivity contribution in [2.24, 2.45) is 17.7 Å². The van der Waals surface area contributed by atoms with Crippen molar-refractivity contribution in [1.82, 2.24) is 15.1 Å². The number of hydrogen-bond acceptors (Lipinski definition) is 6. The average Bonchev–Trinajstić information content (AvgIpc) is 3.01. The van der Waals surface area contributed by atoms with Crippen molar-refractivity contribution >= 4 is 11.7 Å².